The zero-order valence-corrected chi connectivity index (χ0v) is 12.1. The molecular formula is C16H27NO2. The van der Waals surface area contributed by atoms with Gasteiger partial charge in [0.15, 0.2) is 0 Å². The van der Waals surface area contributed by atoms with E-state index in [0.717, 1.165) is 25.3 Å². The van der Waals surface area contributed by atoms with Crippen molar-refractivity contribution in [2.45, 2.75) is 64.0 Å². The smallest absolute Gasteiger partial charge is 0.105 e. The van der Waals surface area contributed by atoms with E-state index in [0.29, 0.717) is 12.1 Å². The highest BCUT2D eigenvalue weighted by molar-refractivity contribution is 5.00. The molecule has 2 rings (SSSR count). The van der Waals surface area contributed by atoms with Crippen LogP contribution in [0.2, 0.25) is 0 Å². The summed E-state index contributed by atoms with van der Waals surface area (Å²) in [7, 11) is 0. The quantitative estimate of drug-likeness (QED) is 0.780. The Morgan fingerprint density at radius 3 is 3.05 bits per heavy atom. The van der Waals surface area contributed by atoms with Gasteiger partial charge in [-0.2, -0.15) is 0 Å². The summed E-state index contributed by atoms with van der Waals surface area (Å²) in [6, 6.07) is 4.55. The lowest BCUT2D eigenvalue weighted by Crippen LogP contribution is -2.33. The van der Waals surface area contributed by atoms with Crippen molar-refractivity contribution in [2.24, 2.45) is 0 Å². The Hall–Kier alpha value is -0.800. The lowest BCUT2D eigenvalue weighted by Gasteiger charge is -2.25. The summed E-state index contributed by atoms with van der Waals surface area (Å²) in [5.74, 6) is 1.08. The predicted octanol–water partition coefficient (Wildman–Crippen LogP) is 3.54. The van der Waals surface area contributed by atoms with Crippen LogP contribution in [-0.4, -0.2) is 25.3 Å². The normalized spacial score (nSPS) is 21.4. The summed E-state index contributed by atoms with van der Waals surface area (Å²) < 4.78 is 11.3. The molecule has 1 fully saturated rings. The van der Waals surface area contributed by atoms with Crippen molar-refractivity contribution in [2.75, 3.05) is 13.2 Å². The Balaban J connectivity index is 1.75. The Morgan fingerprint density at radius 2 is 2.37 bits per heavy atom. The number of furan rings is 1. The minimum Gasteiger partial charge on any atom is -0.469 e. The molecular weight excluding hydrogens is 238 g/mol. The number of hydrogen-bond acceptors (Lipinski definition) is 3. The van der Waals surface area contributed by atoms with Gasteiger partial charge in [0.1, 0.15) is 5.76 Å². The second-order valence-electron chi connectivity index (χ2n) is 5.50. The minimum absolute atomic E-state index is 0.483. The molecule has 2 unspecified atom stereocenters. The van der Waals surface area contributed by atoms with Crippen LogP contribution in [0.25, 0.3) is 0 Å². The highest BCUT2D eigenvalue weighted by Crippen LogP contribution is 2.19. The van der Waals surface area contributed by atoms with Gasteiger partial charge in [-0.3, -0.25) is 0 Å². The Bertz CT molecular complexity index is 317. The summed E-state index contributed by atoms with van der Waals surface area (Å²) >= 11 is 0. The average Bonchev–Trinajstić information content (AvgIpc) is 2.96. The molecule has 108 valence electrons. The van der Waals surface area contributed by atoms with Crippen LogP contribution in [0.4, 0.5) is 0 Å². The van der Waals surface area contributed by atoms with Crippen molar-refractivity contribution in [3.63, 3.8) is 0 Å². The van der Waals surface area contributed by atoms with Crippen LogP contribution in [0.3, 0.4) is 0 Å². The molecule has 1 saturated heterocycles. The minimum atomic E-state index is 0.483. The average molecular weight is 265 g/mol. The largest absolute Gasteiger partial charge is 0.469 e. The Kier molecular flexibility index (Phi) is 6.45. The summed E-state index contributed by atoms with van der Waals surface area (Å²) in [5, 5.41) is 3.63. The molecule has 2 atom stereocenters. The van der Waals surface area contributed by atoms with E-state index >= 15 is 0 Å². The zero-order valence-electron chi connectivity index (χ0n) is 12.1. The molecule has 1 N–H and O–H groups in total. The number of ether oxygens (including phenoxy) is 1. The summed E-state index contributed by atoms with van der Waals surface area (Å²) in [6.07, 6.45) is 10.5. The summed E-state index contributed by atoms with van der Waals surface area (Å²) in [4.78, 5) is 0. The van der Waals surface area contributed by atoms with E-state index in [2.05, 4.69) is 18.3 Å². The summed E-state index contributed by atoms with van der Waals surface area (Å²) in [6.45, 7) is 4.24. The maximum Gasteiger partial charge on any atom is 0.105 e. The van der Waals surface area contributed by atoms with Crippen molar-refractivity contribution < 1.29 is 9.15 Å². The second-order valence-corrected chi connectivity index (χ2v) is 5.50. The van der Waals surface area contributed by atoms with Crippen LogP contribution in [0.1, 0.15) is 51.2 Å². The van der Waals surface area contributed by atoms with Crippen LogP contribution in [0, 0.1) is 0 Å². The van der Waals surface area contributed by atoms with Crippen molar-refractivity contribution >= 4 is 0 Å². The first-order valence-electron chi connectivity index (χ1n) is 7.76. The van der Waals surface area contributed by atoms with Gasteiger partial charge in [0.25, 0.3) is 0 Å². The molecule has 0 spiro atoms. The fourth-order valence-electron chi connectivity index (χ4n) is 2.72. The second kappa shape index (κ2) is 8.39. The fourth-order valence-corrected chi connectivity index (χ4v) is 2.72. The number of rotatable bonds is 8. The maximum absolute atomic E-state index is 5.82. The predicted molar refractivity (Wildman–Crippen MR) is 77.3 cm³/mol. The molecule has 0 radical (unpaired) electrons. The molecule has 0 saturated carbocycles. The number of hydrogen-bond donors (Lipinski definition) is 1. The van der Waals surface area contributed by atoms with Crippen LogP contribution in [0.5, 0.6) is 0 Å². The molecule has 3 heteroatoms. The first-order valence-corrected chi connectivity index (χ1v) is 7.76. The maximum atomic E-state index is 5.82. The molecule has 3 nitrogen and oxygen atoms in total. The van der Waals surface area contributed by atoms with Crippen LogP contribution in [-0.2, 0) is 11.2 Å². The van der Waals surface area contributed by atoms with Gasteiger partial charge < -0.3 is 14.5 Å². The van der Waals surface area contributed by atoms with Gasteiger partial charge >= 0.3 is 0 Å². The van der Waals surface area contributed by atoms with Crippen molar-refractivity contribution in [1.82, 2.24) is 5.32 Å². The Morgan fingerprint density at radius 1 is 1.42 bits per heavy atom. The highest BCUT2D eigenvalue weighted by atomic mass is 16.5. The third-order valence-corrected chi connectivity index (χ3v) is 3.82. The van der Waals surface area contributed by atoms with Crippen LogP contribution < -0.4 is 5.32 Å². The van der Waals surface area contributed by atoms with Gasteiger partial charge in [0.2, 0.25) is 0 Å². The van der Waals surface area contributed by atoms with Gasteiger partial charge in [-0.15, -0.1) is 0 Å². The first kappa shape index (κ1) is 14.6. The molecule has 0 aromatic carbocycles. The SMILES string of the molecule is CCCNC(CCC1CCCCO1)Cc1ccco1. The van der Waals surface area contributed by atoms with Gasteiger partial charge in [0, 0.05) is 19.1 Å². The van der Waals surface area contributed by atoms with E-state index in [1.807, 2.05) is 6.07 Å². The standard InChI is InChI=1S/C16H27NO2/c1-2-10-17-14(13-16-7-5-12-19-16)8-9-15-6-3-4-11-18-15/h5,7,12,14-15,17H,2-4,6,8-11,13H2,1H3. The van der Waals surface area contributed by atoms with Crippen molar-refractivity contribution in [3.8, 4) is 0 Å². The van der Waals surface area contributed by atoms with E-state index < -0.39 is 0 Å². The number of nitrogens with one attached hydrogen (secondary N) is 1. The van der Waals surface area contributed by atoms with Crippen molar-refractivity contribution in [1.29, 1.82) is 0 Å². The first-order chi connectivity index (χ1) is 9.38. The fraction of sp³-hybridized carbons (Fsp3) is 0.750. The topological polar surface area (TPSA) is 34.4 Å². The molecule has 1 aliphatic heterocycles. The Labute approximate surface area is 116 Å². The van der Waals surface area contributed by atoms with E-state index in [1.54, 1.807) is 6.26 Å². The molecule has 1 aromatic rings. The van der Waals surface area contributed by atoms with E-state index in [4.69, 9.17) is 9.15 Å². The van der Waals surface area contributed by atoms with Gasteiger partial charge in [-0.05, 0) is 57.2 Å². The monoisotopic (exact) mass is 265 g/mol. The third-order valence-electron chi connectivity index (χ3n) is 3.82. The van der Waals surface area contributed by atoms with Gasteiger partial charge in [-0.1, -0.05) is 6.92 Å². The summed E-state index contributed by atoms with van der Waals surface area (Å²) in [5.41, 5.74) is 0. The van der Waals surface area contributed by atoms with Crippen LogP contribution in [0.15, 0.2) is 22.8 Å². The molecule has 0 aliphatic carbocycles. The molecule has 1 aromatic heterocycles. The molecule has 0 amide bonds. The van der Waals surface area contributed by atoms with E-state index in [-0.39, 0.29) is 0 Å². The van der Waals surface area contributed by atoms with Gasteiger partial charge in [0.05, 0.1) is 12.4 Å². The molecule has 1 aliphatic rings. The van der Waals surface area contributed by atoms with E-state index in [1.165, 1.54) is 38.5 Å². The zero-order chi connectivity index (χ0) is 13.3. The van der Waals surface area contributed by atoms with E-state index in [9.17, 15) is 0 Å². The highest BCUT2D eigenvalue weighted by Gasteiger charge is 2.17. The van der Waals surface area contributed by atoms with Gasteiger partial charge in [-0.25, -0.2) is 0 Å². The lowest BCUT2D eigenvalue weighted by atomic mass is 9.99. The molecule has 0 bridgehead atoms. The molecule has 19 heavy (non-hydrogen) atoms. The lowest BCUT2D eigenvalue weighted by molar-refractivity contribution is 0.00851. The third kappa shape index (κ3) is 5.37. The van der Waals surface area contributed by atoms with Crippen LogP contribution >= 0.6 is 0 Å². The van der Waals surface area contributed by atoms with Crippen molar-refractivity contribution in [3.05, 3.63) is 24.2 Å². The molecule has 2 heterocycles.